The number of aliphatic hydroxyl groups excluding tert-OH is 2. The molecule has 0 aromatic carbocycles. The Labute approximate surface area is 135 Å². The SMILES string of the molecule is OCC(CO)n1cnc2c(N3CCCC3CC3CC3)ncnc21. The zero-order chi connectivity index (χ0) is 15.8. The van der Waals surface area contributed by atoms with Gasteiger partial charge in [0.1, 0.15) is 6.33 Å². The van der Waals surface area contributed by atoms with Crippen LogP contribution in [0.15, 0.2) is 12.7 Å². The van der Waals surface area contributed by atoms with Gasteiger partial charge in [-0.15, -0.1) is 0 Å². The lowest BCUT2D eigenvalue weighted by molar-refractivity contribution is 0.156. The highest BCUT2D eigenvalue weighted by molar-refractivity contribution is 5.83. The van der Waals surface area contributed by atoms with E-state index in [1.165, 1.54) is 32.1 Å². The summed E-state index contributed by atoms with van der Waals surface area (Å²) in [5, 5.41) is 18.8. The molecule has 1 saturated carbocycles. The smallest absolute Gasteiger partial charge is 0.165 e. The first kappa shape index (κ1) is 14.8. The minimum absolute atomic E-state index is 0.144. The molecule has 2 N–H and O–H groups in total. The molecule has 2 aromatic heterocycles. The summed E-state index contributed by atoms with van der Waals surface area (Å²) < 4.78 is 1.74. The van der Waals surface area contributed by atoms with Crippen LogP contribution in [-0.2, 0) is 0 Å². The molecule has 0 radical (unpaired) electrons. The lowest BCUT2D eigenvalue weighted by Gasteiger charge is -2.25. The van der Waals surface area contributed by atoms with Crippen molar-refractivity contribution < 1.29 is 10.2 Å². The van der Waals surface area contributed by atoms with Crippen LogP contribution < -0.4 is 4.90 Å². The van der Waals surface area contributed by atoms with E-state index in [9.17, 15) is 10.2 Å². The van der Waals surface area contributed by atoms with Crippen molar-refractivity contribution in [1.29, 1.82) is 0 Å². The zero-order valence-corrected chi connectivity index (χ0v) is 13.2. The van der Waals surface area contributed by atoms with Crippen molar-refractivity contribution in [2.24, 2.45) is 5.92 Å². The van der Waals surface area contributed by atoms with Crippen LogP contribution in [-0.4, -0.2) is 55.5 Å². The minimum Gasteiger partial charge on any atom is -0.394 e. The van der Waals surface area contributed by atoms with E-state index in [-0.39, 0.29) is 13.2 Å². The molecule has 124 valence electrons. The highest BCUT2D eigenvalue weighted by Crippen LogP contribution is 2.39. The number of aliphatic hydroxyl groups is 2. The molecule has 0 bridgehead atoms. The molecule has 23 heavy (non-hydrogen) atoms. The third kappa shape index (κ3) is 2.68. The molecule has 7 heteroatoms. The van der Waals surface area contributed by atoms with Gasteiger partial charge in [0.2, 0.25) is 0 Å². The number of hydrogen-bond acceptors (Lipinski definition) is 6. The van der Waals surface area contributed by atoms with Crippen LogP contribution in [0, 0.1) is 5.92 Å². The number of aromatic nitrogens is 4. The molecule has 1 aliphatic carbocycles. The fourth-order valence-corrected chi connectivity index (χ4v) is 3.65. The Morgan fingerprint density at radius 3 is 2.70 bits per heavy atom. The second kappa shape index (κ2) is 6.05. The summed E-state index contributed by atoms with van der Waals surface area (Å²) in [7, 11) is 0. The van der Waals surface area contributed by atoms with E-state index >= 15 is 0 Å². The third-order valence-corrected chi connectivity index (χ3v) is 5.11. The average molecular weight is 317 g/mol. The van der Waals surface area contributed by atoms with E-state index in [1.807, 2.05) is 0 Å². The van der Waals surface area contributed by atoms with E-state index in [2.05, 4.69) is 19.9 Å². The Kier molecular flexibility index (Phi) is 3.90. The van der Waals surface area contributed by atoms with Gasteiger partial charge in [-0.2, -0.15) is 0 Å². The molecular formula is C16H23N5O2. The van der Waals surface area contributed by atoms with E-state index in [0.717, 1.165) is 23.8 Å². The van der Waals surface area contributed by atoms with Crippen LogP contribution in [0.3, 0.4) is 0 Å². The Bertz CT molecular complexity index is 680. The summed E-state index contributed by atoms with van der Waals surface area (Å²) >= 11 is 0. The van der Waals surface area contributed by atoms with Gasteiger partial charge in [-0.3, -0.25) is 0 Å². The first-order valence-corrected chi connectivity index (χ1v) is 8.47. The van der Waals surface area contributed by atoms with Crippen molar-refractivity contribution >= 4 is 17.0 Å². The van der Waals surface area contributed by atoms with Gasteiger partial charge >= 0.3 is 0 Å². The molecule has 2 aliphatic rings. The third-order valence-electron chi connectivity index (χ3n) is 5.11. The standard InChI is InChI=1S/C16H23N5O2/c22-7-13(8-23)21-10-19-14-15(17-9-18-16(14)21)20-5-1-2-12(20)6-11-3-4-11/h9-13,22-23H,1-8H2. The van der Waals surface area contributed by atoms with Crippen LogP contribution in [0.5, 0.6) is 0 Å². The van der Waals surface area contributed by atoms with Gasteiger partial charge in [-0.25, -0.2) is 15.0 Å². The second-order valence-electron chi connectivity index (χ2n) is 6.71. The Morgan fingerprint density at radius 1 is 1.13 bits per heavy atom. The highest BCUT2D eigenvalue weighted by Gasteiger charge is 2.33. The van der Waals surface area contributed by atoms with Gasteiger partial charge in [0.15, 0.2) is 17.0 Å². The molecule has 1 atom stereocenters. The number of nitrogens with zero attached hydrogens (tertiary/aromatic N) is 5. The molecule has 1 aliphatic heterocycles. The fourth-order valence-electron chi connectivity index (χ4n) is 3.65. The van der Waals surface area contributed by atoms with E-state index < -0.39 is 6.04 Å². The molecule has 2 aromatic rings. The molecule has 0 amide bonds. The number of rotatable bonds is 6. The molecular weight excluding hydrogens is 294 g/mol. The van der Waals surface area contributed by atoms with Crippen LogP contribution in [0.2, 0.25) is 0 Å². The molecule has 1 unspecified atom stereocenters. The van der Waals surface area contributed by atoms with Gasteiger partial charge in [0.25, 0.3) is 0 Å². The number of anilines is 1. The predicted octanol–water partition coefficient (Wildman–Crippen LogP) is 1.12. The number of fused-ring (bicyclic) bond motifs is 1. The monoisotopic (exact) mass is 317 g/mol. The summed E-state index contributed by atoms with van der Waals surface area (Å²) in [6.45, 7) is 0.727. The zero-order valence-electron chi connectivity index (χ0n) is 13.2. The van der Waals surface area contributed by atoms with Gasteiger partial charge in [0.05, 0.1) is 25.6 Å². The van der Waals surface area contributed by atoms with E-state index in [1.54, 1.807) is 17.2 Å². The summed E-state index contributed by atoms with van der Waals surface area (Å²) in [5.74, 6) is 1.79. The van der Waals surface area contributed by atoms with Crippen molar-refractivity contribution in [3.63, 3.8) is 0 Å². The number of hydrogen-bond donors (Lipinski definition) is 2. The maximum absolute atomic E-state index is 9.42. The number of imidazole rings is 1. The Hall–Kier alpha value is -1.73. The highest BCUT2D eigenvalue weighted by atomic mass is 16.3. The van der Waals surface area contributed by atoms with Crippen molar-refractivity contribution in [2.45, 2.75) is 44.2 Å². The lowest BCUT2D eigenvalue weighted by Crippen LogP contribution is -2.30. The van der Waals surface area contributed by atoms with E-state index in [0.29, 0.717) is 11.7 Å². The quantitative estimate of drug-likeness (QED) is 0.830. The Morgan fingerprint density at radius 2 is 1.96 bits per heavy atom. The maximum atomic E-state index is 9.42. The van der Waals surface area contributed by atoms with Crippen LogP contribution in [0.4, 0.5) is 5.82 Å². The van der Waals surface area contributed by atoms with Crippen LogP contribution in [0.25, 0.3) is 11.2 Å². The van der Waals surface area contributed by atoms with Gasteiger partial charge in [-0.1, -0.05) is 12.8 Å². The molecule has 3 heterocycles. The average Bonchev–Trinajstić information content (AvgIpc) is 3.09. The van der Waals surface area contributed by atoms with Gasteiger partial charge < -0.3 is 19.7 Å². The second-order valence-corrected chi connectivity index (χ2v) is 6.71. The molecule has 7 nitrogen and oxygen atoms in total. The minimum atomic E-state index is -0.413. The first-order valence-electron chi connectivity index (χ1n) is 8.47. The van der Waals surface area contributed by atoms with E-state index in [4.69, 9.17) is 0 Å². The van der Waals surface area contributed by atoms with Crippen molar-refractivity contribution in [1.82, 2.24) is 19.5 Å². The van der Waals surface area contributed by atoms with Crippen molar-refractivity contribution in [3.8, 4) is 0 Å². The molecule has 2 fully saturated rings. The van der Waals surface area contributed by atoms with Gasteiger partial charge in [-0.05, 0) is 25.2 Å². The van der Waals surface area contributed by atoms with Crippen LogP contribution >= 0.6 is 0 Å². The Balaban J connectivity index is 1.69. The maximum Gasteiger partial charge on any atom is 0.165 e. The van der Waals surface area contributed by atoms with Crippen molar-refractivity contribution in [2.75, 3.05) is 24.7 Å². The molecule has 1 saturated heterocycles. The summed E-state index contributed by atoms with van der Waals surface area (Å²) in [5.41, 5.74) is 1.45. The predicted molar refractivity (Wildman–Crippen MR) is 86.2 cm³/mol. The van der Waals surface area contributed by atoms with Crippen LogP contribution in [0.1, 0.15) is 38.1 Å². The normalized spacial score (nSPS) is 21.7. The largest absolute Gasteiger partial charge is 0.394 e. The summed E-state index contributed by atoms with van der Waals surface area (Å²) in [6.07, 6.45) is 9.61. The topological polar surface area (TPSA) is 87.3 Å². The van der Waals surface area contributed by atoms with Gasteiger partial charge in [0, 0.05) is 12.6 Å². The summed E-state index contributed by atoms with van der Waals surface area (Å²) in [6, 6.07) is 0.140. The molecule has 4 rings (SSSR count). The van der Waals surface area contributed by atoms with Crippen molar-refractivity contribution in [3.05, 3.63) is 12.7 Å². The molecule has 0 spiro atoms. The first-order chi connectivity index (χ1) is 11.3. The lowest BCUT2D eigenvalue weighted by atomic mass is 10.1. The fraction of sp³-hybridized carbons (Fsp3) is 0.688. The summed E-state index contributed by atoms with van der Waals surface area (Å²) in [4.78, 5) is 15.7.